The fourth-order valence-electron chi connectivity index (χ4n) is 3.90. The van der Waals surface area contributed by atoms with Crippen LogP contribution in [0.15, 0.2) is 42.5 Å². The number of aromatic nitrogens is 3. The average molecular weight is 562 g/mol. The molecule has 3 aromatic rings. The molecule has 39 heavy (non-hydrogen) atoms. The van der Waals surface area contributed by atoms with Crippen LogP contribution in [-0.2, 0) is 18.8 Å². The standard InChI is InChI=1S/C17H24BN3O3.C6H6BFO2.C3H5ClO/c1-16(2)17(3,4)24-18(23-16)12-8-9-14-13(11-12)19-20-21(14)15-7-5-6-10-22-15;8-6-4-2-1-3-5(6)7(9)10;1-2-3(4)5/h8-9,11,15H,5-7,10H2,1-4H3;1-4,9-10H;2H2,1H3. The van der Waals surface area contributed by atoms with E-state index in [2.05, 4.69) is 38.0 Å². The zero-order valence-corrected chi connectivity index (χ0v) is 23.7. The monoisotopic (exact) mass is 561 g/mol. The van der Waals surface area contributed by atoms with Gasteiger partial charge >= 0.3 is 14.2 Å². The lowest BCUT2D eigenvalue weighted by molar-refractivity contribution is -0.111. The number of halogens is 2. The molecule has 5 rings (SSSR count). The van der Waals surface area contributed by atoms with Crippen molar-refractivity contribution in [3.05, 3.63) is 48.3 Å². The summed E-state index contributed by atoms with van der Waals surface area (Å²) in [6, 6.07) is 11.6. The SMILES string of the molecule is CC1(C)OB(c2ccc3c(c2)nnn3C2CCCCO2)OC1(C)C.CCC(=O)Cl.OB(O)c1ccccc1F. The fourth-order valence-corrected chi connectivity index (χ4v) is 3.90. The number of carbonyl (C=O) groups excluding carboxylic acids is 1. The van der Waals surface area contributed by atoms with Gasteiger partial charge < -0.3 is 24.1 Å². The van der Waals surface area contributed by atoms with Gasteiger partial charge in [-0.3, -0.25) is 4.79 Å². The molecular weight excluding hydrogens is 526 g/mol. The molecule has 9 nitrogen and oxygen atoms in total. The predicted octanol–water partition coefficient (Wildman–Crippen LogP) is 3.10. The molecular formula is C26H35B2ClFN3O6. The Bertz CT molecular complexity index is 1240. The Hall–Kier alpha value is -2.34. The van der Waals surface area contributed by atoms with Gasteiger partial charge in [-0.1, -0.05) is 36.4 Å². The van der Waals surface area contributed by atoms with E-state index in [4.69, 9.17) is 35.7 Å². The highest BCUT2D eigenvalue weighted by molar-refractivity contribution is 6.63. The Morgan fingerprint density at radius 1 is 1.15 bits per heavy atom. The summed E-state index contributed by atoms with van der Waals surface area (Å²) in [7, 11) is -2.10. The van der Waals surface area contributed by atoms with Gasteiger partial charge in [0.1, 0.15) is 11.3 Å². The normalized spacial score (nSPS) is 19.5. The Morgan fingerprint density at radius 3 is 2.31 bits per heavy atom. The van der Waals surface area contributed by atoms with E-state index in [0.29, 0.717) is 6.42 Å². The number of carbonyl (C=O) groups is 1. The second kappa shape index (κ2) is 13.3. The summed E-state index contributed by atoms with van der Waals surface area (Å²) >= 11 is 4.82. The molecule has 3 heterocycles. The van der Waals surface area contributed by atoms with Gasteiger partial charge in [0.05, 0.1) is 16.7 Å². The van der Waals surface area contributed by atoms with Crippen LogP contribution in [0.25, 0.3) is 11.0 Å². The van der Waals surface area contributed by atoms with Crippen molar-refractivity contribution in [2.24, 2.45) is 0 Å². The van der Waals surface area contributed by atoms with Crippen molar-refractivity contribution in [2.45, 2.75) is 77.7 Å². The van der Waals surface area contributed by atoms with Crippen molar-refractivity contribution < 1.29 is 33.3 Å². The average Bonchev–Trinajstić information content (AvgIpc) is 3.42. The number of fused-ring (bicyclic) bond motifs is 1. The van der Waals surface area contributed by atoms with Crippen LogP contribution in [0.1, 0.15) is 66.5 Å². The molecule has 0 spiro atoms. The van der Waals surface area contributed by atoms with E-state index in [0.717, 1.165) is 42.4 Å². The molecule has 0 amide bonds. The minimum Gasteiger partial charge on any atom is -0.423 e. The third kappa shape index (κ3) is 7.87. The zero-order valence-electron chi connectivity index (χ0n) is 22.9. The fraction of sp³-hybridized carbons (Fsp3) is 0.500. The van der Waals surface area contributed by atoms with Gasteiger partial charge in [0.15, 0.2) is 6.23 Å². The van der Waals surface area contributed by atoms with Crippen molar-refractivity contribution >= 4 is 53.0 Å². The van der Waals surface area contributed by atoms with Crippen LogP contribution in [0.5, 0.6) is 0 Å². The summed E-state index contributed by atoms with van der Waals surface area (Å²) in [6.07, 6.45) is 3.69. The molecule has 2 aliphatic heterocycles. The maximum atomic E-state index is 12.5. The van der Waals surface area contributed by atoms with Crippen molar-refractivity contribution in [3.63, 3.8) is 0 Å². The topological polar surface area (TPSA) is 116 Å². The van der Waals surface area contributed by atoms with Crippen molar-refractivity contribution in [1.29, 1.82) is 0 Å². The maximum absolute atomic E-state index is 12.5. The predicted molar refractivity (Wildman–Crippen MR) is 149 cm³/mol. The first kappa shape index (κ1) is 31.2. The Kier molecular flexibility index (Phi) is 10.7. The summed E-state index contributed by atoms with van der Waals surface area (Å²) in [5, 5.41) is 25.4. The number of hydrogen-bond acceptors (Lipinski definition) is 8. The molecule has 0 aliphatic carbocycles. The van der Waals surface area contributed by atoms with E-state index in [1.807, 2.05) is 22.9 Å². The Balaban J connectivity index is 0.000000232. The molecule has 2 N–H and O–H groups in total. The van der Waals surface area contributed by atoms with Crippen LogP contribution in [0.3, 0.4) is 0 Å². The number of ether oxygens (including phenoxy) is 1. The third-order valence-corrected chi connectivity index (χ3v) is 7.18. The molecule has 13 heteroatoms. The summed E-state index contributed by atoms with van der Waals surface area (Å²) in [5.41, 5.74) is 2.01. The molecule has 2 aromatic carbocycles. The lowest BCUT2D eigenvalue weighted by Crippen LogP contribution is -2.41. The van der Waals surface area contributed by atoms with Gasteiger partial charge in [-0.25, -0.2) is 9.07 Å². The maximum Gasteiger partial charge on any atom is 0.494 e. The van der Waals surface area contributed by atoms with E-state index in [-0.39, 0.29) is 35.3 Å². The van der Waals surface area contributed by atoms with E-state index in [1.165, 1.54) is 24.3 Å². The van der Waals surface area contributed by atoms with Crippen molar-refractivity contribution in [2.75, 3.05) is 6.61 Å². The lowest BCUT2D eigenvalue weighted by atomic mass is 9.79. The van der Waals surface area contributed by atoms with Crippen LogP contribution in [0.2, 0.25) is 0 Å². The Labute approximate surface area is 233 Å². The first-order valence-electron chi connectivity index (χ1n) is 13.0. The minimum absolute atomic E-state index is 0.00792. The molecule has 2 fully saturated rings. The molecule has 1 atom stereocenters. The van der Waals surface area contributed by atoms with Gasteiger partial charge in [0.25, 0.3) is 0 Å². The van der Waals surface area contributed by atoms with E-state index < -0.39 is 12.9 Å². The van der Waals surface area contributed by atoms with Crippen LogP contribution < -0.4 is 10.9 Å². The summed E-state index contributed by atoms with van der Waals surface area (Å²) < 4.78 is 32.5. The second-order valence-corrected chi connectivity index (χ2v) is 10.7. The van der Waals surface area contributed by atoms with Gasteiger partial charge in [-0.2, -0.15) is 0 Å². The summed E-state index contributed by atoms with van der Waals surface area (Å²) in [6.45, 7) is 10.7. The highest BCUT2D eigenvalue weighted by atomic mass is 35.5. The Morgan fingerprint density at radius 2 is 1.79 bits per heavy atom. The second-order valence-electron chi connectivity index (χ2n) is 10.3. The molecule has 210 valence electrons. The quantitative estimate of drug-likeness (QED) is 0.369. The van der Waals surface area contributed by atoms with Crippen LogP contribution >= 0.6 is 11.6 Å². The lowest BCUT2D eigenvalue weighted by Gasteiger charge is -2.32. The minimum atomic E-state index is -1.72. The molecule has 0 bridgehead atoms. The molecule has 1 aromatic heterocycles. The summed E-state index contributed by atoms with van der Waals surface area (Å²) in [4.78, 5) is 9.58. The van der Waals surface area contributed by atoms with Gasteiger partial charge in [-0.05, 0) is 82.2 Å². The number of nitrogens with zero attached hydrogens (tertiary/aromatic N) is 3. The van der Waals surface area contributed by atoms with Crippen LogP contribution in [0.4, 0.5) is 4.39 Å². The number of hydrogen-bond donors (Lipinski definition) is 2. The molecule has 1 unspecified atom stereocenters. The van der Waals surface area contributed by atoms with E-state index in [9.17, 15) is 9.18 Å². The molecule has 2 aliphatic rings. The van der Waals surface area contributed by atoms with Gasteiger partial charge in [0, 0.05) is 18.5 Å². The van der Waals surface area contributed by atoms with Crippen molar-refractivity contribution in [1.82, 2.24) is 15.0 Å². The van der Waals surface area contributed by atoms with Gasteiger partial charge in [-0.15, -0.1) is 5.10 Å². The summed E-state index contributed by atoms with van der Waals surface area (Å²) in [5.74, 6) is -0.600. The van der Waals surface area contributed by atoms with Crippen molar-refractivity contribution in [3.8, 4) is 0 Å². The highest BCUT2D eigenvalue weighted by Gasteiger charge is 2.51. The van der Waals surface area contributed by atoms with Gasteiger partial charge in [0.2, 0.25) is 5.24 Å². The zero-order chi connectivity index (χ0) is 28.8. The first-order valence-corrected chi connectivity index (χ1v) is 13.3. The third-order valence-electron chi connectivity index (χ3n) is 6.91. The van der Waals surface area contributed by atoms with E-state index in [1.54, 1.807) is 6.92 Å². The number of benzene rings is 2. The molecule has 0 radical (unpaired) electrons. The highest BCUT2D eigenvalue weighted by Crippen LogP contribution is 2.36. The largest absolute Gasteiger partial charge is 0.494 e. The smallest absolute Gasteiger partial charge is 0.423 e. The number of rotatable bonds is 4. The molecule has 0 saturated carbocycles. The molecule has 2 saturated heterocycles. The van der Waals surface area contributed by atoms with Crippen LogP contribution in [-0.4, -0.2) is 62.3 Å². The van der Waals surface area contributed by atoms with E-state index >= 15 is 0 Å². The first-order chi connectivity index (χ1) is 18.4. The van der Waals surface area contributed by atoms with Crippen LogP contribution in [0, 0.1) is 5.82 Å².